The summed E-state index contributed by atoms with van der Waals surface area (Å²) >= 11 is 0. The van der Waals surface area contributed by atoms with E-state index in [-0.39, 0.29) is 11.6 Å². The van der Waals surface area contributed by atoms with Crippen LogP contribution in [0.2, 0.25) is 0 Å². The molecule has 96 valence electrons. The van der Waals surface area contributed by atoms with Crippen molar-refractivity contribution in [1.29, 1.82) is 0 Å². The predicted molar refractivity (Wildman–Crippen MR) is 65.6 cm³/mol. The van der Waals surface area contributed by atoms with Crippen molar-refractivity contribution in [3.05, 3.63) is 11.6 Å². The highest BCUT2D eigenvalue weighted by Crippen LogP contribution is 2.24. The molecular weight excluding hydrogens is 206 g/mol. The van der Waals surface area contributed by atoms with Gasteiger partial charge >= 0.3 is 5.97 Å². The number of carboxylic acids is 1. The van der Waals surface area contributed by atoms with E-state index < -0.39 is 11.5 Å². The minimum atomic E-state index is -1.00. The third kappa shape index (κ3) is 4.33. The third-order valence-corrected chi connectivity index (χ3v) is 2.24. The van der Waals surface area contributed by atoms with Crippen molar-refractivity contribution in [2.45, 2.75) is 60.0 Å². The Morgan fingerprint density at radius 1 is 1.31 bits per heavy atom. The Hall–Kier alpha value is -0.870. The van der Waals surface area contributed by atoms with Crippen molar-refractivity contribution in [3.63, 3.8) is 0 Å². The molecule has 0 radical (unpaired) electrons. The number of nitrogens with zero attached hydrogens (tertiary/aromatic N) is 1. The van der Waals surface area contributed by atoms with E-state index in [1.54, 1.807) is 34.6 Å². The van der Waals surface area contributed by atoms with Gasteiger partial charge in [-0.15, -0.1) is 0 Å². The Kier molecular flexibility index (Phi) is 8.12. The van der Waals surface area contributed by atoms with Crippen molar-refractivity contribution in [3.8, 4) is 0 Å². The Balaban J connectivity index is 0. The zero-order chi connectivity index (χ0) is 13.5. The second-order valence-electron chi connectivity index (χ2n) is 4.00. The van der Waals surface area contributed by atoms with Gasteiger partial charge in [-0.2, -0.15) is 5.06 Å². The molecule has 0 aliphatic carbocycles. The quantitative estimate of drug-likeness (QED) is 0.577. The van der Waals surface area contributed by atoms with Crippen molar-refractivity contribution >= 4 is 5.97 Å². The molecule has 0 rings (SSSR count). The SMILES string of the molecule is C/C=C(/C(=O)O)C(C)(C)N(O)C(C)C.CC. The van der Waals surface area contributed by atoms with Crippen LogP contribution in [0.1, 0.15) is 48.5 Å². The van der Waals surface area contributed by atoms with Crippen molar-refractivity contribution < 1.29 is 15.1 Å². The molecule has 0 saturated heterocycles. The normalized spacial score (nSPS) is 12.5. The summed E-state index contributed by atoms with van der Waals surface area (Å²) in [5.41, 5.74) is -0.692. The third-order valence-electron chi connectivity index (χ3n) is 2.24. The van der Waals surface area contributed by atoms with Crippen LogP contribution in [0.15, 0.2) is 11.6 Å². The molecule has 0 aromatic rings. The smallest absolute Gasteiger partial charge is 0.333 e. The largest absolute Gasteiger partial charge is 0.478 e. The number of hydroxylamine groups is 2. The molecule has 0 atom stereocenters. The lowest BCUT2D eigenvalue weighted by molar-refractivity contribution is -0.176. The van der Waals surface area contributed by atoms with Gasteiger partial charge in [0.05, 0.1) is 11.1 Å². The monoisotopic (exact) mass is 231 g/mol. The van der Waals surface area contributed by atoms with Crippen molar-refractivity contribution in [2.24, 2.45) is 0 Å². The van der Waals surface area contributed by atoms with Crippen LogP contribution in [0.5, 0.6) is 0 Å². The fraction of sp³-hybridized carbons (Fsp3) is 0.750. The first kappa shape index (κ1) is 17.5. The molecule has 4 nitrogen and oxygen atoms in total. The average molecular weight is 231 g/mol. The lowest BCUT2D eigenvalue weighted by Gasteiger charge is -2.36. The van der Waals surface area contributed by atoms with E-state index in [0.29, 0.717) is 0 Å². The topological polar surface area (TPSA) is 60.8 Å². The van der Waals surface area contributed by atoms with E-state index in [9.17, 15) is 10.0 Å². The number of carbonyl (C=O) groups is 1. The molecule has 0 amide bonds. The molecule has 0 heterocycles. The maximum Gasteiger partial charge on any atom is 0.333 e. The highest BCUT2D eigenvalue weighted by Gasteiger charge is 2.35. The summed E-state index contributed by atoms with van der Waals surface area (Å²) in [6.45, 7) is 12.6. The molecule has 0 unspecified atom stereocenters. The predicted octanol–water partition coefficient (Wildman–Crippen LogP) is 2.92. The van der Waals surface area contributed by atoms with Crippen molar-refractivity contribution in [1.82, 2.24) is 5.06 Å². The van der Waals surface area contributed by atoms with Gasteiger partial charge < -0.3 is 10.3 Å². The summed E-state index contributed by atoms with van der Waals surface area (Å²) in [6, 6.07) is -0.126. The molecule has 2 N–H and O–H groups in total. The minimum absolute atomic E-state index is 0.126. The van der Waals surface area contributed by atoms with Crippen LogP contribution in [0.3, 0.4) is 0 Å². The second kappa shape index (κ2) is 7.41. The Bertz CT molecular complexity index is 245. The summed E-state index contributed by atoms with van der Waals surface area (Å²) < 4.78 is 0. The van der Waals surface area contributed by atoms with E-state index in [4.69, 9.17) is 5.11 Å². The molecule has 0 aliphatic heterocycles. The Labute approximate surface area is 98.5 Å². The fourth-order valence-electron chi connectivity index (χ4n) is 1.51. The van der Waals surface area contributed by atoms with Gasteiger partial charge in [0.15, 0.2) is 0 Å². The van der Waals surface area contributed by atoms with Gasteiger partial charge in [0.1, 0.15) is 0 Å². The molecule has 4 heteroatoms. The van der Waals surface area contributed by atoms with Crippen LogP contribution < -0.4 is 0 Å². The fourth-order valence-corrected chi connectivity index (χ4v) is 1.51. The molecule has 0 spiro atoms. The van der Waals surface area contributed by atoms with Crippen LogP contribution >= 0.6 is 0 Å². The maximum atomic E-state index is 10.9. The number of carboxylic acid groups (broad SMARTS) is 1. The molecular formula is C12H25NO3. The van der Waals surface area contributed by atoms with Gasteiger partial charge in [-0.3, -0.25) is 0 Å². The van der Waals surface area contributed by atoms with Crippen LogP contribution in [-0.4, -0.2) is 32.9 Å². The van der Waals surface area contributed by atoms with Crippen LogP contribution in [0, 0.1) is 0 Å². The Morgan fingerprint density at radius 3 is 1.88 bits per heavy atom. The van der Waals surface area contributed by atoms with Gasteiger partial charge in [0.25, 0.3) is 0 Å². The number of allylic oxidation sites excluding steroid dienone is 1. The summed E-state index contributed by atoms with van der Waals surface area (Å²) in [7, 11) is 0. The van der Waals surface area contributed by atoms with E-state index in [1.807, 2.05) is 13.8 Å². The van der Waals surface area contributed by atoms with E-state index >= 15 is 0 Å². The molecule has 0 saturated carbocycles. The summed E-state index contributed by atoms with van der Waals surface area (Å²) in [5.74, 6) is -1.00. The number of aliphatic carboxylic acids is 1. The first-order valence-electron chi connectivity index (χ1n) is 5.63. The molecule has 0 aliphatic rings. The van der Waals surface area contributed by atoms with Crippen LogP contribution in [0.25, 0.3) is 0 Å². The molecule has 0 aromatic carbocycles. The Morgan fingerprint density at radius 2 is 1.69 bits per heavy atom. The van der Waals surface area contributed by atoms with Crippen LogP contribution in [-0.2, 0) is 4.79 Å². The van der Waals surface area contributed by atoms with Gasteiger partial charge in [0, 0.05) is 6.04 Å². The number of hydrogen-bond donors (Lipinski definition) is 2. The highest BCUT2D eigenvalue weighted by atomic mass is 16.5. The van der Waals surface area contributed by atoms with Crippen LogP contribution in [0.4, 0.5) is 0 Å². The van der Waals surface area contributed by atoms with Gasteiger partial charge in [0.2, 0.25) is 0 Å². The van der Waals surface area contributed by atoms with Crippen molar-refractivity contribution in [2.75, 3.05) is 0 Å². The van der Waals surface area contributed by atoms with Gasteiger partial charge in [-0.25, -0.2) is 4.79 Å². The van der Waals surface area contributed by atoms with Gasteiger partial charge in [-0.1, -0.05) is 19.9 Å². The summed E-state index contributed by atoms with van der Waals surface area (Å²) in [6.07, 6.45) is 1.51. The lowest BCUT2D eigenvalue weighted by Crippen LogP contribution is -2.48. The molecule has 0 aromatic heterocycles. The zero-order valence-corrected chi connectivity index (χ0v) is 11.4. The average Bonchev–Trinajstić information content (AvgIpc) is 2.19. The zero-order valence-electron chi connectivity index (χ0n) is 11.4. The first-order valence-corrected chi connectivity index (χ1v) is 5.63. The first-order chi connectivity index (χ1) is 7.25. The summed E-state index contributed by atoms with van der Waals surface area (Å²) in [5, 5.41) is 19.7. The highest BCUT2D eigenvalue weighted by molar-refractivity contribution is 5.88. The van der Waals surface area contributed by atoms with E-state index in [2.05, 4.69) is 0 Å². The molecule has 0 fully saturated rings. The van der Waals surface area contributed by atoms with Gasteiger partial charge in [-0.05, 0) is 34.6 Å². The number of hydrogen-bond acceptors (Lipinski definition) is 3. The maximum absolute atomic E-state index is 10.9. The number of rotatable bonds is 4. The standard InChI is InChI=1S/C10H19NO3.C2H6/c1-6-8(9(12)13)10(4,5)11(14)7(2)3;1-2/h6-7,14H,1-5H3,(H,12,13);1-2H3/b8-6-;. The lowest BCUT2D eigenvalue weighted by atomic mass is 9.92. The second-order valence-corrected chi connectivity index (χ2v) is 4.00. The summed E-state index contributed by atoms with van der Waals surface area (Å²) in [4.78, 5) is 10.9. The van der Waals surface area contributed by atoms with E-state index in [1.165, 1.54) is 6.08 Å². The van der Waals surface area contributed by atoms with E-state index in [0.717, 1.165) is 5.06 Å². The minimum Gasteiger partial charge on any atom is -0.478 e. The molecule has 0 bridgehead atoms. The molecule has 16 heavy (non-hydrogen) atoms.